The zero-order valence-electron chi connectivity index (χ0n) is 16.7. The lowest BCUT2D eigenvalue weighted by molar-refractivity contribution is 0.0734. The number of para-hydroxylation sites is 1. The summed E-state index contributed by atoms with van der Waals surface area (Å²) >= 11 is 5.85. The van der Waals surface area contributed by atoms with Crippen LogP contribution < -0.4 is 10.2 Å². The van der Waals surface area contributed by atoms with Crippen molar-refractivity contribution in [3.8, 4) is 11.5 Å². The summed E-state index contributed by atoms with van der Waals surface area (Å²) in [6, 6.07) is 23.6. The van der Waals surface area contributed by atoms with Crippen molar-refractivity contribution < 1.29 is 19.4 Å². The Morgan fingerprint density at radius 1 is 0.906 bits per heavy atom. The molecule has 4 aromatic carbocycles. The third-order valence-electron chi connectivity index (χ3n) is 4.68. The molecule has 0 unspecified atom stereocenters. The van der Waals surface area contributed by atoms with Crippen LogP contribution in [-0.2, 0) is 0 Å². The molecule has 158 valence electrons. The summed E-state index contributed by atoms with van der Waals surface area (Å²) in [6.07, 6.45) is 1.36. The molecule has 2 N–H and O–H groups in total. The quantitative estimate of drug-likeness (QED) is 0.192. The Hall–Kier alpha value is -4.16. The SMILES string of the molecule is O=C(Oc1ccccc1/C=N\NC(=O)c1cc2ccccc2cc1O)c1ccc(Cl)cc1. The Balaban J connectivity index is 1.48. The lowest BCUT2D eigenvalue weighted by Crippen LogP contribution is -2.18. The van der Waals surface area contributed by atoms with E-state index in [0.717, 1.165) is 10.8 Å². The predicted octanol–water partition coefficient (Wildman–Crippen LogP) is 5.18. The first kappa shape index (κ1) is 21.1. The third kappa shape index (κ3) is 4.77. The van der Waals surface area contributed by atoms with Crippen molar-refractivity contribution in [3.63, 3.8) is 0 Å². The van der Waals surface area contributed by atoms with Gasteiger partial charge < -0.3 is 9.84 Å². The van der Waals surface area contributed by atoms with Crippen molar-refractivity contribution in [2.24, 2.45) is 5.10 Å². The van der Waals surface area contributed by atoms with Crippen molar-refractivity contribution in [3.05, 3.63) is 107 Å². The molecular weight excluding hydrogens is 428 g/mol. The molecule has 0 fully saturated rings. The second-order valence-corrected chi connectivity index (χ2v) is 7.29. The zero-order chi connectivity index (χ0) is 22.5. The van der Waals surface area contributed by atoms with E-state index in [0.29, 0.717) is 16.1 Å². The summed E-state index contributed by atoms with van der Waals surface area (Å²) in [6.45, 7) is 0. The van der Waals surface area contributed by atoms with Gasteiger partial charge in [-0.25, -0.2) is 10.2 Å². The van der Waals surface area contributed by atoms with E-state index in [-0.39, 0.29) is 17.1 Å². The lowest BCUT2D eigenvalue weighted by atomic mass is 10.1. The largest absolute Gasteiger partial charge is 0.507 e. The number of hydrogen-bond acceptors (Lipinski definition) is 5. The number of benzene rings is 4. The van der Waals surface area contributed by atoms with E-state index in [1.165, 1.54) is 12.3 Å². The van der Waals surface area contributed by atoms with Crippen LogP contribution in [0.1, 0.15) is 26.3 Å². The van der Waals surface area contributed by atoms with E-state index < -0.39 is 11.9 Å². The van der Waals surface area contributed by atoms with Gasteiger partial charge >= 0.3 is 5.97 Å². The number of ether oxygens (including phenoxy) is 1. The van der Waals surface area contributed by atoms with Crippen LogP contribution in [-0.4, -0.2) is 23.2 Å². The maximum atomic E-state index is 12.5. The molecule has 6 nitrogen and oxygen atoms in total. The minimum absolute atomic E-state index is 0.100. The molecule has 0 saturated heterocycles. The van der Waals surface area contributed by atoms with Gasteiger partial charge in [0.25, 0.3) is 5.91 Å². The van der Waals surface area contributed by atoms with Gasteiger partial charge in [0.05, 0.1) is 17.3 Å². The highest BCUT2D eigenvalue weighted by molar-refractivity contribution is 6.30. The number of phenolic OH excluding ortho intramolecular Hbond substituents is 1. The minimum atomic E-state index is -0.569. The molecule has 32 heavy (non-hydrogen) atoms. The molecule has 0 radical (unpaired) electrons. The van der Waals surface area contributed by atoms with E-state index in [1.54, 1.807) is 54.6 Å². The number of halogens is 1. The van der Waals surface area contributed by atoms with Gasteiger partial charge in [0.2, 0.25) is 0 Å². The second-order valence-electron chi connectivity index (χ2n) is 6.85. The molecule has 0 bridgehead atoms. The molecule has 1 amide bonds. The number of aromatic hydroxyl groups is 1. The number of phenols is 1. The van der Waals surface area contributed by atoms with Crippen LogP contribution in [0.2, 0.25) is 5.02 Å². The molecule has 7 heteroatoms. The molecule has 0 atom stereocenters. The van der Waals surface area contributed by atoms with Gasteiger partial charge in [-0.3, -0.25) is 4.79 Å². The topological polar surface area (TPSA) is 88.0 Å². The van der Waals surface area contributed by atoms with Crippen LogP contribution in [0.4, 0.5) is 0 Å². The Labute approximate surface area is 188 Å². The van der Waals surface area contributed by atoms with Gasteiger partial charge in [-0.05, 0) is 59.3 Å². The number of nitrogens with zero attached hydrogens (tertiary/aromatic N) is 1. The Morgan fingerprint density at radius 3 is 2.31 bits per heavy atom. The fraction of sp³-hybridized carbons (Fsp3) is 0. The van der Waals surface area contributed by atoms with Crippen LogP contribution >= 0.6 is 11.6 Å². The summed E-state index contributed by atoms with van der Waals surface area (Å²) < 4.78 is 5.45. The fourth-order valence-corrected chi connectivity index (χ4v) is 3.18. The highest BCUT2D eigenvalue weighted by atomic mass is 35.5. The highest BCUT2D eigenvalue weighted by Crippen LogP contribution is 2.25. The maximum Gasteiger partial charge on any atom is 0.343 e. The first-order chi connectivity index (χ1) is 15.5. The normalized spacial score (nSPS) is 10.9. The summed E-state index contributed by atoms with van der Waals surface area (Å²) in [7, 11) is 0. The molecule has 4 rings (SSSR count). The lowest BCUT2D eigenvalue weighted by Gasteiger charge is -2.08. The summed E-state index contributed by atoms with van der Waals surface area (Å²) in [5.74, 6) is -0.986. The molecular formula is C25H17ClN2O4. The Morgan fingerprint density at radius 2 is 1.56 bits per heavy atom. The molecule has 0 aliphatic carbocycles. The molecule has 4 aromatic rings. The van der Waals surface area contributed by atoms with Gasteiger partial charge in [-0.1, -0.05) is 48.0 Å². The minimum Gasteiger partial charge on any atom is -0.507 e. The number of amides is 1. The number of fused-ring (bicyclic) bond motifs is 1. The summed E-state index contributed by atoms with van der Waals surface area (Å²) in [4.78, 5) is 24.9. The van der Waals surface area contributed by atoms with E-state index >= 15 is 0 Å². The summed E-state index contributed by atoms with van der Waals surface area (Å²) in [5, 5.41) is 16.3. The molecule has 0 aliphatic heterocycles. The maximum absolute atomic E-state index is 12.5. The Kier molecular flexibility index (Phi) is 6.14. The number of hydrazone groups is 1. The summed E-state index contributed by atoms with van der Waals surface area (Å²) in [5.41, 5.74) is 3.32. The number of rotatable bonds is 5. The monoisotopic (exact) mass is 444 g/mol. The standard InChI is InChI=1S/C25H17ClN2O4/c26-20-11-9-16(10-12-20)25(31)32-23-8-4-3-7-19(23)15-27-28-24(30)21-13-17-5-1-2-6-18(17)14-22(21)29/h1-15,29H,(H,28,30)/b27-15-. The molecule has 0 spiro atoms. The van der Waals surface area contributed by atoms with E-state index in [9.17, 15) is 14.7 Å². The fourth-order valence-electron chi connectivity index (χ4n) is 3.06. The van der Waals surface area contributed by atoms with E-state index in [4.69, 9.17) is 16.3 Å². The van der Waals surface area contributed by atoms with Crippen LogP contribution in [0.3, 0.4) is 0 Å². The van der Waals surface area contributed by atoms with Gasteiger partial charge in [0.1, 0.15) is 11.5 Å². The van der Waals surface area contributed by atoms with Crippen molar-refractivity contribution in [1.29, 1.82) is 0 Å². The van der Waals surface area contributed by atoms with E-state index in [2.05, 4.69) is 10.5 Å². The van der Waals surface area contributed by atoms with E-state index in [1.807, 2.05) is 24.3 Å². The zero-order valence-corrected chi connectivity index (χ0v) is 17.4. The van der Waals surface area contributed by atoms with Crippen LogP contribution in [0.15, 0.2) is 90.0 Å². The predicted molar refractivity (Wildman–Crippen MR) is 124 cm³/mol. The molecule has 0 saturated carbocycles. The van der Waals surface area contributed by atoms with Crippen molar-refractivity contribution >= 4 is 40.5 Å². The average Bonchev–Trinajstić information content (AvgIpc) is 2.80. The average molecular weight is 445 g/mol. The number of nitrogens with one attached hydrogen (secondary N) is 1. The highest BCUT2D eigenvalue weighted by Gasteiger charge is 2.13. The van der Waals surface area contributed by atoms with Crippen molar-refractivity contribution in [1.82, 2.24) is 5.43 Å². The molecule has 0 aromatic heterocycles. The van der Waals surface area contributed by atoms with Crippen LogP contribution in [0.25, 0.3) is 10.8 Å². The number of esters is 1. The second kappa shape index (κ2) is 9.32. The van der Waals surface area contributed by atoms with Gasteiger partial charge in [-0.15, -0.1) is 0 Å². The van der Waals surface area contributed by atoms with Gasteiger partial charge in [0.15, 0.2) is 0 Å². The van der Waals surface area contributed by atoms with Gasteiger partial charge in [-0.2, -0.15) is 5.10 Å². The number of hydrogen-bond donors (Lipinski definition) is 2. The molecule has 0 aliphatic rings. The van der Waals surface area contributed by atoms with Crippen molar-refractivity contribution in [2.45, 2.75) is 0 Å². The van der Waals surface area contributed by atoms with Gasteiger partial charge in [0, 0.05) is 10.6 Å². The Bertz CT molecular complexity index is 1330. The first-order valence-corrected chi connectivity index (χ1v) is 10.0. The van der Waals surface area contributed by atoms with Crippen molar-refractivity contribution in [2.75, 3.05) is 0 Å². The smallest absolute Gasteiger partial charge is 0.343 e. The third-order valence-corrected chi connectivity index (χ3v) is 4.93. The number of carbonyl (C=O) groups is 2. The van der Waals surface area contributed by atoms with Crippen LogP contribution in [0.5, 0.6) is 11.5 Å². The van der Waals surface area contributed by atoms with Crippen LogP contribution in [0, 0.1) is 0 Å². The molecule has 0 heterocycles. The number of carbonyl (C=O) groups excluding carboxylic acids is 2. The first-order valence-electron chi connectivity index (χ1n) is 9.63.